The SMILES string of the molecule is COc1ccc(COCC[C@@H](O)[C@@H](C)C(=O)[C@H](C)OC(=O)c2ccccc2)cc1. The van der Waals surface area contributed by atoms with E-state index in [2.05, 4.69) is 0 Å². The minimum absolute atomic E-state index is 0.308. The zero-order chi connectivity index (χ0) is 21.2. The van der Waals surface area contributed by atoms with Crippen LogP contribution in [0.25, 0.3) is 0 Å². The Kier molecular flexibility index (Phi) is 8.83. The van der Waals surface area contributed by atoms with Crippen LogP contribution in [-0.2, 0) is 20.9 Å². The number of aliphatic hydroxyl groups is 1. The second kappa shape index (κ2) is 11.3. The Morgan fingerprint density at radius 1 is 1.00 bits per heavy atom. The van der Waals surface area contributed by atoms with E-state index in [1.165, 1.54) is 6.92 Å². The van der Waals surface area contributed by atoms with E-state index in [1.54, 1.807) is 44.4 Å². The van der Waals surface area contributed by atoms with Gasteiger partial charge in [-0.25, -0.2) is 4.79 Å². The molecule has 0 aliphatic carbocycles. The second-order valence-electron chi connectivity index (χ2n) is 6.86. The maximum absolute atomic E-state index is 12.5. The van der Waals surface area contributed by atoms with E-state index in [0.717, 1.165) is 11.3 Å². The van der Waals surface area contributed by atoms with Gasteiger partial charge < -0.3 is 19.3 Å². The number of Topliss-reactive ketones (excluding diaryl/α,β-unsaturated/α-hetero) is 1. The maximum Gasteiger partial charge on any atom is 0.338 e. The topological polar surface area (TPSA) is 82.1 Å². The molecule has 29 heavy (non-hydrogen) atoms. The summed E-state index contributed by atoms with van der Waals surface area (Å²) in [5, 5.41) is 10.3. The zero-order valence-corrected chi connectivity index (χ0v) is 17.0. The van der Waals surface area contributed by atoms with E-state index in [4.69, 9.17) is 14.2 Å². The van der Waals surface area contributed by atoms with Gasteiger partial charge >= 0.3 is 5.97 Å². The van der Waals surface area contributed by atoms with E-state index >= 15 is 0 Å². The summed E-state index contributed by atoms with van der Waals surface area (Å²) >= 11 is 0. The number of hydrogen-bond donors (Lipinski definition) is 1. The highest BCUT2D eigenvalue weighted by atomic mass is 16.5. The third kappa shape index (κ3) is 7.00. The highest BCUT2D eigenvalue weighted by Crippen LogP contribution is 2.15. The molecule has 0 radical (unpaired) electrons. The lowest BCUT2D eigenvalue weighted by molar-refractivity contribution is -0.134. The Hall–Kier alpha value is -2.70. The molecule has 6 nitrogen and oxygen atoms in total. The number of rotatable bonds is 11. The van der Waals surface area contributed by atoms with Crippen LogP contribution in [0.2, 0.25) is 0 Å². The van der Waals surface area contributed by atoms with Gasteiger partial charge in [0.05, 0.1) is 25.4 Å². The summed E-state index contributed by atoms with van der Waals surface area (Å²) in [6.07, 6.45) is -1.51. The number of methoxy groups -OCH3 is 1. The van der Waals surface area contributed by atoms with Crippen LogP contribution in [0.1, 0.15) is 36.2 Å². The van der Waals surface area contributed by atoms with Crippen LogP contribution in [-0.4, -0.2) is 42.8 Å². The van der Waals surface area contributed by atoms with Crippen LogP contribution < -0.4 is 4.74 Å². The molecule has 0 saturated heterocycles. The number of aliphatic hydroxyl groups excluding tert-OH is 1. The Morgan fingerprint density at radius 3 is 2.28 bits per heavy atom. The summed E-state index contributed by atoms with van der Waals surface area (Å²) in [5.74, 6) is -0.773. The molecule has 0 bridgehead atoms. The van der Waals surface area contributed by atoms with Crippen molar-refractivity contribution in [3.63, 3.8) is 0 Å². The van der Waals surface area contributed by atoms with Gasteiger partial charge in [-0.15, -0.1) is 0 Å². The lowest BCUT2D eigenvalue weighted by Gasteiger charge is -2.21. The van der Waals surface area contributed by atoms with Gasteiger partial charge in [0.2, 0.25) is 0 Å². The molecule has 2 aromatic rings. The van der Waals surface area contributed by atoms with Gasteiger partial charge in [-0.05, 0) is 43.2 Å². The van der Waals surface area contributed by atoms with Crippen LogP contribution in [0.3, 0.4) is 0 Å². The van der Waals surface area contributed by atoms with Gasteiger partial charge in [-0.2, -0.15) is 0 Å². The predicted molar refractivity (Wildman–Crippen MR) is 109 cm³/mol. The molecule has 0 spiro atoms. The first-order chi connectivity index (χ1) is 13.9. The quantitative estimate of drug-likeness (QED) is 0.460. The zero-order valence-electron chi connectivity index (χ0n) is 17.0. The van der Waals surface area contributed by atoms with Crippen LogP contribution in [0.4, 0.5) is 0 Å². The molecule has 0 aliphatic heterocycles. The van der Waals surface area contributed by atoms with Crippen molar-refractivity contribution in [2.45, 2.75) is 39.1 Å². The Bertz CT molecular complexity index is 772. The van der Waals surface area contributed by atoms with Crippen LogP contribution in [0.5, 0.6) is 5.75 Å². The fraction of sp³-hybridized carbons (Fsp3) is 0.391. The summed E-state index contributed by atoms with van der Waals surface area (Å²) < 4.78 is 15.9. The fourth-order valence-electron chi connectivity index (χ4n) is 2.79. The molecule has 156 valence electrons. The summed E-state index contributed by atoms with van der Waals surface area (Å²) in [7, 11) is 1.61. The minimum Gasteiger partial charge on any atom is -0.497 e. The van der Waals surface area contributed by atoms with Crippen molar-refractivity contribution in [1.29, 1.82) is 0 Å². The molecule has 0 aromatic heterocycles. The molecule has 2 aromatic carbocycles. The Labute approximate surface area is 171 Å². The second-order valence-corrected chi connectivity index (χ2v) is 6.86. The number of esters is 1. The molecule has 0 unspecified atom stereocenters. The molecule has 2 rings (SSSR count). The summed E-state index contributed by atoms with van der Waals surface area (Å²) in [6.45, 7) is 3.86. The number of benzene rings is 2. The fourth-order valence-corrected chi connectivity index (χ4v) is 2.79. The average molecular weight is 400 g/mol. The first-order valence-electron chi connectivity index (χ1n) is 9.61. The summed E-state index contributed by atoms with van der Waals surface area (Å²) in [5.41, 5.74) is 1.37. The van der Waals surface area contributed by atoms with Crippen molar-refractivity contribution < 1.29 is 28.9 Å². The number of carbonyl (C=O) groups is 2. The van der Waals surface area contributed by atoms with Crippen molar-refractivity contribution in [3.05, 3.63) is 65.7 Å². The first-order valence-corrected chi connectivity index (χ1v) is 9.61. The third-order valence-electron chi connectivity index (χ3n) is 4.71. The van der Waals surface area contributed by atoms with Crippen LogP contribution >= 0.6 is 0 Å². The van der Waals surface area contributed by atoms with Gasteiger partial charge in [-0.3, -0.25) is 4.79 Å². The highest BCUT2D eigenvalue weighted by molar-refractivity contribution is 5.93. The number of ether oxygens (including phenoxy) is 3. The predicted octanol–water partition coefficient (Wildman–Crippen LogP) is 3.41. The van der Waals surface area contributed by atoms with E-state index in [9.17, 15) is 14.7 Å². The smallest absolute Gasteiger partial charge is 0.338 e. The number of ketones is 1. The molecular weight excluding hydrogens is 372 g/mol. The monoisotopic (exact) mass is 400 g/mol. The van der Waals surface area contributed by atoms with Gasteiger partial charge in [0.25, 0.3) is 0 Å². The molecule has 0 saturated carbocycles. The van der Waals surface area contributed by atoms with Crippen LogP contribution in [0, 0.1) is 5.92 Å². The summed E-state index contributed by atoms with van der Waals surface area (Å²) in [4.78, 5) is 24.5. The molecule has 0 heterocycles. The lowest BCUT2D eigenvalue weighted by Crippen LogP contribution is -2.35. The molecule has 3 atom stereocenters. The van der Waals surface area contributed by atoms with E-state index in [1.807, 2.05) is 24.3 Å². The molecular formula is C23H28O6. The van der Waals surface area contributed by atoms with E-state index in [0.29, 0.717) is 25.2 Å². The summed E-state index contributed by atoms with van der Waals surface area (Å²) in [6, 6.07) is 16.0. The minimum atomic E-state index is -0.937. The molecule has 0 fully saturated rings. The highest BCUT2D eigenvalue weighted by Gasteiger charge is 2.28. The standard InChI is InChI=1S/C23H28O6/c1-16(22(25)17(2)29-23(26)19-7-5-4-6-8-19)21(24)13-14-28-15-18-9-11-20(27-3)12-10-18/h4-12,16-17,21,24H,13-15H2,1-3H3/t16-,17+,21-/m1/s1. The van der Waals surface area contributed by atoms with E-state index in [-0.39, 0.29) is 5.78 Å². The molecule has 0 amide bonds. The third-order valence-corrected chi connectivity index (χ3v) is 4.71. The van der Waals surface area contributed by atoms with Crippen molar-refractivity contribution >= 4 is 11.8 Å². The van der Waals surface area contributed by atoms with Crippen LogP contribution in [0.15, 0.2) is 54.6 Å². The normalized spacial score (nSPS) is 13.9. The lowest BCUT2D eigenvalue weighted by atomic mass is 9.94. The maximum atomic E-state index is 12.5. The average Bonchev–Trinajstić information content (AvgIpc) is 2.76. The van der Waals surface area contributed by atoms with Crippen molar-refractivity contribution in [1.82, 2.24) is 0 Å². The number of carbonyl (C=O) groups excluding carboxylic acids is 2. The van der Waals surface area contributed by atoms with Gasteiger partial charge in [0, 0.05) is 12.5 Å². The molecule has 0 aliphatic rings. The molecule has 1 N–H and O–H groups in total. The Balaban J connectivity index is 1.73. The van der Waals surface area contributed by atoms with Gasteiger partial charge in [0.15, 0.2) is 11.9 Å². The van der Waals surface area contributed by atoms with Gasteiger partial charge in [-0.1, -0.05) is 37.3 Å². The first kappa shape index (κ1) is 22.6. The van der Waals surface area contributed by atoms with Crippen molar-refractivity contribution in [3.8, 4) is 5.75 Å². The Morgan fingerprint density at radius 2 is 1.66 bits per heavy atom. The largest absolute Gasteiger partial charge is 0.497 e. The van der Waals surface area contributed by atoms with Crippen molar-refractivity contribution in [2.75, 3.05) is 13.7 Å². The molecule has 6 heteroatoms. The van der Waals surface area contributed by atoms with Crippen molar-refractivity contribution in [2.24, 2.45) is 5.92 Å². The van der Waals surface area contributed by atoms with Gasteiger partial charge in [0.1, 0.15) is 5.75 Å². The van der Waals surface area contributed by atoms with E-state index < -0.39 is 24.1 Å². The number of hydrogen-bond acceptors (Lipinski definition) is 6.